The third kappa shape index (κ3) is 2.86. The molecule has 0 radical (unpaired) electrons. The van der Waals surface area contributed by atoms with Gasteiger partial charge in [-0.15, -0.1) is 11.3 Å². The monoisotopic (exact) mass is 280 g/mol. The molecular weight excluding hydrogens is 256 g/mol. The Labute approximate surface area is 120 Å². The first-order chi connectivity index (χ1) is 9.28. The van der Waals surface area contributed by atoms with Crippen molar-refractivity contribution in [3.05, 3.63) is 16.1 Å². The maximum Gasteiger partial charge on any atom is 0.122 e. The predicted molar refractivity (Wildman–Crippen MR) is 78.3 cm³/mol. The van der Waals surface area contributed by atoms with Crippen molar-refractivity contribution in [1.29, 1.82) is 0 Å². The van der Waals surface area contributed by atoms with Gasteiger partial charge in [0.25, 0.3) is 0 Å². The van der Waals surface area contributed by atoms with Gasteiger partial charge in [0.15, 0.2) is 0 Å². The van der Waals surface area contributed by atoms with Gasteiger partial charge in [0, 0.05) is 25.1 Å². The number of ether oxygens (including phenoxy) is 1. The molecule has 1 aliphatic carbocycles. The van der Waals surface area contributed by atoms with Crippen LogP contribution in [0.2, 0.25) is 0 Å². The molecule has 3 nitrogen and oxygen atoms in total. The molecule has 3 atom stereocenters. The summed E-state index contributed by atoms with van der Waals surface area (Å²) in [7, 11) is 1.75. The van der Waals surface area contributed by atoms with Crippen LogP contribution in [0.3, 0.4) is 0 Å². The zero-order chi connectivity index (χ0) is 13.2. The van der Waals surface area contributed by atoms with E-state index in [9.17, 15) is 0 Å². The van der Waals surface area contributed by atoms with Crippen molar-refractivity contribution in [2.75, 3.05) is 13.7 Å². The zero-order valence-corrected chi connectivity index (χ0v) is 12.8. The number of aromatic nitrogens is 1. The Morgan fingerprint density at radius 3 is 3.11 bits per heavy atom. The van der Waals surface area contributed by atoms with E-state index in [0.717, 1.165) is 23.5 Å². The largest absolute Gasteiger partial charge is 0.375 e. The molecular formula is C15H24N2OS. The SMILES string of the molecule is CO[C@H](C)c1nc(CN2CCC[C@H]3CCC[C@H]32)cs1. The molecule has 1 saturated heterocycles. The Hall–Kier alpha value is -0.450. The first-order valence-electron chi connectivity index (χ1n) is 7.49. The lowest BCUT2D eigenvalue weighted by Crippen LogP contribution is -2.41. The van der Waals surface area contributed by atoms with Gasteiger partial charge in [-0.2, -0.15) is 0 Å². The standard InChI is InChI=1S/C15H24N2OS/c1-11(18-2)15-16-13(10-19-15)9-17-8-4-6-12-5-3-7-14(12)17/h10-12,14H,3-9H2,1-2H3/t11-,12-,14-/m1/s1. The fraction of sp³-hybridized carbons (Fsp3) is 0.800. The number of rotatable bonds is 4. The minimum absolute atomic E-state index is 0.124. The van der Waals surface area contributed by atoms with Crippen molar-refractivity contribution in [3.8, 4) is 0 Å². The summed E-state index contributed by atoms with van der Waals surface area (Å²) >= 11 is 1.73. The summed E-state index contributed by atoms with van der Waals surface area (Å²) in [4.78, 5) is 7.42. The number of hydrogen-bond donors (Lipinski definition) is 0. The van der Waals surface area contributed by atoms with Crippen LogP contribution in [0.15, 0.2) is 5.38 Å². The van der Waals surface area contributed by atoms with Gasteiger partial charge in [0.2, 0.25) is 0 Å². The molecule has 4 heteroatoms. The van der Waals surface area contributed by atoms with Crippen LogP contribution in [0.5, 0.6) is 0 Å². The minimum atomic E-state index is 0.124. The Morgan fingerprint density at radius 1 is 1.42 bits per heavy atom. The van der Waals surface area contributed by atoms with Crippen molar-refractivity contribution in [2.45, 2.75) is 57.7 Å². The molecule has 1 saturated carbocycles. The molecule has 0 amide bonds. The maximum atomic E-state index is 5.34. The number of piperidine rings is 1. The summed E-state index contributed by atoms with van der Waals surface area (Å²) in [6, 6.07) is 0.832. The lowest BCUT2D eigenvalue weighted by Gasteiger charge is -2.37. The Bertz CT molecular complexity index is 420. The molecule has 19 heavy (non-hydrogen) atoms. The minimum Gasteiger partial charge on any atom is -0.375 e. The topological polar surface area (TPSA) is 25.4 Å². The summed E-state index contributed by atoms with van der Waals surface area (Å²) in [6.45, 7) is 4.36. The second kappa shape index (κ2) is 5.90. The Morgan fingerprint density at radius 2 is 2.26 bits per heavy atom. The third-order valence-electron chi connectivity index (χ3n) is 4.74. The van der Waals surface area contributed by atoms with E-state index in [2.05, 4.69) is 17.2 Å². The first kappa shape index (κ1) is 13.5. The number of fused-ring (bicyclic) bond motifs is 1. The average molecular weight is 280 g/mol. The highest BCUT2D eigenvalue weighted by molar-refractivity contribution is 7.09. The smallest absolute Gasteiger partial charge is 0.122 e. The highest BCUT2D eigenvalue weighted by atomic mass is 32.1. The molecule has 2 aliphatic rings. The molecule has 2 fully saturated rings. The van der Waals surface area contributed by atoms with Crippen LogP contribution in [-0.2, 0) is 11.3 Å². The van der Waals surface area contributed by atoms with E-state index in [1.54, 1.807) is 18.4 Å². The van der Waals surface area contributed by atoms with Crippen LogP contribution in [0.4, 0.5) is 0 Å². The quantitative estimate of drug-likeness (QED) is 0.842. The molecule has 0 unspecified atom stereocenters. The lowest BCUT2D eigenvalue weighted by molar-refractivity contribution is 0.103. The van der Waals surface area contributed by atoms with E-state index < -0.39 is 0 Å². The zero-order valence-electron chi connectivity index (χ0n) is 12.0. The van der Waals surface area contributed by atoms with E-state index in [-0.39, 0.29) is 6.10 Å². The van der Waals surface area contributed by atoms with Gasteiger partial charge in [-0.1, -0.05) is 6.42 Å². The van der Waals surface area contributed by atoms with E-state index >= 15 is 0 Å². The molecule has 0 aromatic carbocycles. The van der Waals surface area contributed by atoms with Crippen LogP contribution in [0, 0.1) is 5.92 Å². The molecule has 1 aromatic rings. The van der Waals surface area contributed by atoms with Gasteiger partial charge in [-0.05, 0) is 45.1 Å². The Kier molecular flexibility index (Phi) is 4.20. The fourth-order valence-corrected chi connectivity index (χ4v) is 4.49. The van der Waals surface area contributed by atoms with Gasteiger partial charge in [-0.3, -0.25) is 4.90 Å². The summed E-state index contributed by atoms with van der Waals surface area (Å²) in [6.07, 6.45) is 7.21. The van der Waals surface area contributed by atoms with Crippen LogP contribution in [-0.4, -0.2) is 29.6 Å². The summed E-state index contributed by atoms with van der Waals surface area (Å²) in [5, 5.41) is 3.32. The van der Waals surface area contributed by atoms with E-state index in [1.165, 1.54) is 44.3 Å². The average Bonchev–Trinajstić information content (AvgIpc) is 3.07. The van der Waals surface area contributed by atoms with Crippen LogP contribution < -0.4 is 0 Å². The van der Waals surface area contributed by atoms with Gasteiger partial charge < -0.3 is 4.74 Å². The molecule has 1 aromatic heterocycles. The van der Waals surface area contributed by atoms with Crippen LogP contribution >= 0.6 is 11.3 Å². The van der Waals surface area contributed by atoms with Gasteiger partial charge in [0.05, 0.1) is 5.69 Å². The lowest BCUT2D eigenvalue weighted by atomic mass is 9.92. The maximum absolute atomic E-state index is 5.34. The van der Waals surface area contributed by atoms with Crippen LogP contribution in [0.25, 0.3) is 0 Å². The molecule has 2 heterocycles. The number of hydrogen-bond acceptors (Lipinski definition) is 4. The second-order valence-electron chi connectivity index (χ2n) is 5.93. The van der Waals surface area contributed by atoms with Crippen molar-refractivity contribution in [1.82, 2.24) is 9.88 Å². The van der Waals surface area contributed by atoms with Crippen molar-refractivity contribution >= 4 is 11.3 Å². The normalized spacial score (nSPS) is 29.4. The highest BCUT2D eigenvalue weighted by Crippen LogP contribution is 2.37. The molecule has 0 spiro atoms. The van der Waals surface area contributed by atoms with Crippen LogP contribution in [0.1, 0.15) is 55.8 Å². The number of nitrogens with zero attached hydrogens (tertiary/aromatic N) is 2. The third-order valence-corrected chi connectivity index (χ3v) is 5.80. The highest BCUT2D eigenvalue weighted by Gasteiger charge is 2.34. The fourth-order valence-electron chi connectivity index (χ4n) is 3.64. The van der Waals surface area contributed by atoms with Crippen molar-refractivity contribution in [2.24, 2.45) is 5.92 Å². The van der Waals surface area contributed by atoms with Crippen molar-refractivity contribution < 1.29 is 4.74 Å². The van der Waals surface area contributed by atoms with Gasteiger partial charge >= 0.3 is 0 Å². The molecule has 0 N–H and O–H groups in total. The van der Waals surface area contributed by atoms with E-state index in [1.807, 2.05) is 0 Å². The molecule has 0 bridgehead atoms. The molecule has 106 valence electrons. The van der Waals surface area contributed by atoms with Gasteiger partial charge in [0.1, 0.15) is 11.1 Å². The predicted octanol–water partition coefficient (Wildman–Crippen LogP) is 3.62. The van der Waals surface area contributed by atoms with E-state index in [4.69, 9.17) is 9.72 Å². The van der Waals surface area contributed by atoms with Gasteiger partial charge in [-0.25, -0.2) is 4.98 Å². The summed E-state index contributed by atoms with van der Waals surface area (Å²) in [5.41, 5.74) is 1.23. The summed E-state index contributed by atoms with van der Waals surface area (Å²) < 4.78 is 5.34. The van der Waals surface area contributed by atoms with Crippen molar-refractivity contribution in [3.63, 3.8) is 0 Å². The number of likely N-dealkylation sites (tertiary alicyclic amines) is 1. The second-order valence-corrected chi connectivity index (χ2v) is 6.82. The molecule has 1 aliphatic heterocycles. The van der Waals surface area contributed by atoms with E-state index in [0.29, 0.717) is 0 Å². The molecule has 3 rings (SSSR count). The Balaban J connectivity index is 1.65. The number of thiazole rings is 1. The summed E-state index contributed by atoms with van der Waals surface area (Å²) in [5.74, 6) is 0.963. The first-order valence-corrected chi connectivity index (χ1v) is 8.37. The number of methoxy groups -OCH3 is 1.